The van der Waals surface area contributed by atoms with Gasteiger partial charge in [-0.15, -0.1) is 0 Å². The van der Waals surface area contributed by atoms with Crippen LogP contribution in [0.25, 0.3) is 0 Å². The molecule has 2 rings (SSSR count). The van der Waals surface area contributed by atoms with Gasteiger partial charge in [0.15, 0.2) is 0 Å². The Hall–Kier alpha value is -1.06. The van der Waals surface area contributed by atoms with Gasteiger partial charge in [-0.3, -0.25) is 4.79 Å². The third-order valence-electron chi connectivity index (χ3n) is 3.69. The fourth-order valence-electron chi connectivity index (χ4n) is 2.27. The Labute approximate surface area is 113 Å². The molecule has 4 heteroatoms. The summed E-state index contributed by atoms with van der Waals surface area (Å²) in [5.41, 5.74) is 8.36. The van der Waals surface area contributed by atoms with Crippen molar-refractivity contribution < 1.29 is 4.79 Å². The Morgan fingerprint density at radius 2 is 1.94 bits per heavy atom. The molecule has 0 spiro atoms. The van der Waals surface area contributed by atoms with Crippen LogP contribution in [0.4, 0.5) is 5.69 Å². The number of rotatable bonds is 2. The van der Waals surface area contributed by atoms with E-state index in [0.717, 1.165) is 16.8 Å². The zero-order valence-electron chi connectivity index (χ0n) is 11.2. The van der Waals surface area contributed by atoms with Crippen molar-refractivity contribution in [2.45, 2.75) is 39.2 Å². The van der Waals surface area contributed by atoms with E-state index in [9.17, 15) is 4.79 Å². The number of carbonyl (C=O) groups excluding carboxylic acids is 1. The van der Waals surface area contributed by atoms with Crippen molar-refractivity contribution in [3.63, 3.8) is 0 Å². The van der Waals surface area contributed by atoms with Gasteiger partial charge in [-0.25, -0.2) is 0 Å². The molecule has 1 aliphatic rings. The second-order valence-corrected chi connectivity index (χ2v) is 6.20. The van der Waals surface area contributed by atoms with E-state index >= 15 is 0 Å². The lowest BCUT2D eigenvalue weighted by Gasteiger charge is -2.21. The lowest BCUT2D eigenvalue weighted by Crippen LogP contribution is -2.26. The summed E-state index contributed by atoms with van der Waals surface area (Å²) in [6, 6.07) is 3.57. The minimum absolute atomic E-state index is 0.00280. The molecule has 98 valence electrons. The fourth-order valence-corrected chi connectivity index (χ4v) is 2.50. The summed E-state index contributed by atoms with van der Waals surface area (Å²) in [7, 11) is 0. The monoisotopic (exact) mass is 266 g/mol. The first-order valence-electron chi connectivity index (χ1n) is 6.16. The molecule has 1 aromatic rings. The van der Waals surface area contributed by atoms with Gasteiger partial charge in [0.25, 0.3) is 0 Å². The number of anilines is 1. The Kier molecular flexibility index (Phi) is 3.16. The van der Waals surface area contributed by atoms with Crippen molar-refractivity contribution in [3.05, 3.63) is 28.3 Å². The zero-order valence-corrected chi connectivity index (χ0v) is 11.9. The summed E-state index contributed by atoms with van der Waals surface area (Å²) in [5.74, 6) is 0.283. The normalized spacial score (nSPS) is 18.7. The van der Waals surface area contributed by atoms with Gasteiger partial charge >= 0.3 is 0 Å². The molecule has 1 aromatic carbocycles. The maximum Gasteiger partial charge on any atom is 0.234 e. The number of amides is 1. The van der Waals surface area contributed by atoms with Gasteiger partial charge in [-0.1, -0.05) is 25.4 Å². The Balaban J connectivity index is 2.63. The first-order chi connectivity index (χ1) is 8.25. The molecule has 1 heterocycles. The molecule has 0 aromatic heterocycles. The van der Waals surface area contributed by atoms with Crippen LogP contribution in [0.1, 0.15) is 44.9 Å². The summed E-state index contributed by atoms with van der Waals surface area (Å²) in [4.78, 5) is 12.0. The number of benzene rings is 1. The molecule has 0 bridgehead atoms. The molecule has 0 radical (unpaired) electrons. The minimum atomic E-state index is -0.550. The molecule has 3 N–H and O–H groups in total. The molecule has 1 atom stereocenters. The van der Waals surface area contributed by atoms with Gasteiger partial charge < -0.3 is 11.1 Å². The van der Waals surface area contributed by atoms with Gasteiger partial charge in [-0.05, 0) is 43.0 Å². The highest BCUT2D eigenvalue weighted by atomic mass is 35.5. The maximum absolute atomic E-state index is 12.0. The number of nitrogens with two attached hydrogens (primary N) is 1. The lowest BCUT2D eigenvalue weighted by molar-refractivity contribution is -0.119. The van der Waals surface area contributed by atoms with Crippen LogP contribution in [0, 0.1) is 5.92 Å². The third-order valence-corrected chi connectivity index (χ3v) is 3.91. The average molecular weight is 267 g/mol. The van der Waals surface area contributed by atoms with E-state index in [2.05, 4.69) is 19.2 Å². The van der Waals surface area contributed by atoms with E-state index in [1.807, 2.05) is 26.0 Å². The van der Waals surface area contributed by atoms with Crippen molar-refractivity contribution in [1.82, 2.24) is 0 Å². The third kappa shape index (κ3) is 1.91. The molecule has 0 aliphatic carbocycles. The Morgan fingerprint density at radius 1 is 1.33 bits per heavy atom. The van der Waals surface area contributed by atoms with Gasteiger partial charge in [-0.2, -0.15) is 0 Å². The quantitative estimate of drug-likeness (QED) is 0.864. The number of hydrogen-bond donors (Lipinski definition) is 2. The molecule has 1 amide bonds. The van der Waals surface area contributed by atoms with E-state index in [0.29, 0.717) is 5.02 Å². The van der Waals surface area contributed by atoms with Gasteiger partial charge in [0, 0.05) is 16.8 Å². The average Bonchev–Trinajstić information content (AvgIpc) is 2.49. The molecule has 0 saturated heterocycles. The summed E-state index contributed by atoms with van der Waals surface area (Å²) in [5, 5.41) is 3.57. The fraction of sp³-hybridized carbons (Fsp3) is 0.500. The van der Waals surface area contributed by atoms with E-state index in [1.165, 1.54) is 0 Å². The first-order valence-corrected chi connectivity index (χ1v) is 6.54. The molecule has 1 unspecified atom stereocenters. The van der Waals surface area contributed by atoms with Crippen molar-refractivity contribution in [2.24, 2.45) is 11.7 Å². The van der Waals surface area contributed by atoms with E-state index < -0.39 is 5.41 Å². The van der Waals surface area contributed by atoms with Crippen LogP contribution in [0.15, 0.2) is 12.1 Å². The molecule has 1 aliphatic heterocycles. The molecule has 0 saturated carbocycles. The van der Waals surface area contributed by atoms with Crippen LogP contribution < -0.4 is 11.1 Å². The second kappa shape index (κ2) is 4.25. The minimum Gasteiger partial charge on any atom is -0.325 e. The van der Waals surface area contributed by atoms with Crippen LogP contribution in [-0.2, 0) is 10.2 Å². The highest BCUT2D eigenvalue weighted by Crippen LogP contribution is 2.43. The van der Waals surface area contributed by atoms with Crippen LogP contribution in [-0.4, -0.2) is 5.91 Å². The van der Waals surface area contributed by atoms with E-state index in [4.69, 9.17) is 17.3 Å². The van der Waals surface area contributed by atoms with Crippen molar-refractivity contribution in [2.75, 3.05) is 5.32 Å². The topological polar surface area (TPSA) is 55.1 Å². The maximum atomic E-state index is 12.0. The van der Waals surface area contributed by atoms with Gasteiger partial charge in [0.1, 0.15) is 0 Å². The summed E-state index contributed by atoms with van der Waals surface area (Å²) in [6.45, 7) is 7.91. The highest BCUT2D eigenvalue weighted by Gasteiger charge is 2.40. The standard InChI is InChI=1S/C14H19ClN2O/c1-7(2)11(16)9-5-8(15)6-10-12(9)17-13(18)14(10,3)4/h5-7,11H,16H2,1-4H3,(H,17,18). The van der Waals surface area contributed by atoms with Crippen LogP contribution >= 0.6 is 11.6 Å². The smallest absolute Gasteiger partial charge is 0.234 e. The second-order valence-electron chi connectivity index (χ2n) is 5.77. The Morgan fingerprint density at radius 3 is 2.50 bits per heavy atom. The molecular formula is C14H19ClN2O. The molecule has 18 heavy (non-hydrogen) atoms. The van der Waals surface area contributed by atoms with Crippen molar-refractivity contribution in [1.29, 1.82) is 0 Å². The highest BCUT2D eigenvalue weighted by molar-refractivity contribution is 6.31. The summed E-state index contributed by atoms with van der Waals surface area (Å²) >= 11 is 6.16. The van der Waals surface area contributed by atoms with Gasteiger partial charge in [0.2, 0.25) is 5.91 Å². The zero-order chi connectivity index (χ0) is 13.7. The van der Waals surface area contributed by atoms with Gasteiger partial charge in [0.05, 0.1) is 5.41 Å². The predicted octanol–water partition coefficient (Wildman–Crippen LogP) is 3.23. The summed E-state index contributed by atoms with van der Waals surface area (Å²) in [6.07, 6.45) is 0. The SMILES string of the molecule is CC(C)C(N)c1cc(Cl)cc2c1NC(=O)C2(C)C. The Bertz CT molecular complexity index is 509. The summed E-state index contributed by atoms with van der Waals surface area (Å²) < 4.78 is 0. The molecule has 0 fully saturated rings. The van der Waals surface area contributed by atoms with Crippen LogP contribution in [0.5, 0.6) is 0 Å². The van der Waals surface area contributed by atoms with E-state index in [1.54, 1.807) is 0 Å². The number of hydrogen-bond acceptors (Lipinski definition) is 2. The molecule has 3 nitrogen and oxygen atoms in total. The number of fused-ring (bicyclic) bond motifs is 1. The van der Waals surface area contributed by atoms with Crippen molar-refractivity contribution >= 4 is 23.2 Å². The molecular weight excluding hydrogens is 248 g/mol. The lowest BCUT2D eigenvalue weighted by atomic mass is 9.84. The predicted molar refractivity (Wildman–Crippen MR) is 74.9 cm³/mol. The number of halogens is 1. The van der Waals surface area contributed by atoms with Crippen LogP contribution in [0.3, 0.4) is 0 Å². The first kappa shape index (κ1) is 13.4. The number of carbonyl (C=O) groups is 1. The number of nitrogens with one attached hydrogen (secondary N) is 1. The van der Waals surface area contributed by atoms with Crippen molar-refractivity contribution in [3.8, 4) is 0 Å². The largest absolute Gasteiger partial charge is 0.325 e. The van der Waals surface area contributed by atoms with Crippen LogP contribution in [0.2, 0.25) is 5.02 Å². The van der Waals surface area contributed by atoms with E-state index in [-0.39, 0.29) is 17.9 Å².